The highest BCUT2D eigenvalue weighted by Gasteiger charge is 2.07. The lowest BCUT2D eigenvalue weighted by Gasteiger charge is -2.08. The Morgan fingerprint density at radius 1 is 1.40 bits per heavy atom. The van der Waals surface area contributed by atoms with Gasteiger partial charge in [0.1, 0.15) is 5.75 Å². The molecule has 104 valence electrons. The lowest BCUT2D eigenvalue weighted by atomic mass is 10.2. The molecule has 20 heavy (non-hydrogen) atoms. The minimum atomic E-state index is -1.12. The fraction of sp³-hybridized carbons (Fsp3) is 0.214. The fourth-order valence-electron chi connectivity index (χ4n) is 1.85. The number of methoxy groups -OCH3 is 1. The van der Waals surface area contributed by atoms with Crippen molar-refractivity contribution in [3.05, 3.63) is 57.8 Å². The van der Waals surface area contributed by atoms with Gasteiger partial charge in [0.25, 0.3) is 5.56 Å². The molecule has 2 aromatic heterocycles. The quantitative estimate of drug-likeness (QED) is 0.909. The largest absolute Gasteiger partial charge is 0.497 e. The summed E-state index contributed by atoms with van der Waals surface area (Å²) in [7, 11) is 1.56. The lowest BCUT2D eigenvalue weighted by Crippen LogP contribution is -2.21. The van der Waals surface area contributed by atoms with Crippen LogP contribution in [-0.2, 0) is 6.54 Å². The molecule has 2 aromatic rings. The van der Waals surface area contributed by atoms with E-state index < -0.39 is 5.97 Å². The maximum absolute atomic E-state index is 11.8. The maximum Gasteiger partial charge on any atom is 0.335 e. The Labute approximate surface area is 115 Å². The summed E-state index contributed by atoms with van der Waals surface area (Å²) >= 11 is 0. The molecule has 1 N–H and O–H groups in total. The molecule has 6 heteroatoms. The van der Waals surface area contributed by atoms with Crippen molar-refractivity contribution in [2.24, 2.45) is 0 Å². The van der Waals surface area contributed by atoms with Gasteiger partial charge in [-0.25, -0.2) is 4.79 Å². The summed E-state index contributed by atoms with van der Waals surface area (Å²) in [5, 5.41) is 8.82. The molecule has 0 atom stereocenters. The van der Waals surface area contributed by atoms with Crippen molar-refractivity contribution in [3.8, 4) is 5.75 Å². The van der Waals surface area contributed by atoms with Gasteiger partial charge in [-0.2, -0.15) is 0 Å². The summed E-state index contributed by atoms with van der Waals surface area (Å²) in [5.41, 5.74) is 1.05. The number of carboxylic acids is 1. The number of aromatic carboxylic acids is 1. The van der Waals surface area contributed by atoms with Gasteiger partial charge in [0.15, 0.2) is 0 Å². The van der Waals surface area contributed by atoms with Crippen molar-refractivity contribution >= 4 is 5.97 Å². The molecule has 0 radical (unpaired) electrons. The van der Waals surface area contributed by atoms with Gasteiger partial charge in [-0.15, -0.1) is 0 Å². The van der Waals surface area contributed by atoms with Crippen LogP contribution >= 0.6 is 0 Å². The van der Waals surface area contributed by atoms with Crippen molar-refractivity contribution in [1.29, 1.82) is 0 Å². The van der Waals surface area contributed by atoms with Gasteiger partial charge in [-0.05, 0) is 13.0 Å². The van der Waals surface area contributed by atoms with Crippen molar-refractivity contribution in [2.45, 2.75) is 13.5 Å². The van der Waals surface area contributed by atoms with Gasteiger partial charge in [-0.1, -0.05) is 0 Å². The first kappa shape index (κ1) is 13.8. The van der Waals surface area contributed by atoms with E-state index in [9.17, 15) is 9.59 Å². The van der Waals surface area contributed by atoms with Crippen molar-refractivity contribution in [3.63, 3.8) is 0 Å². The standard InChI is InChI=1S/C14H14N2O4/c1-9-5-12(20-2)7-11(15-9)8-16-4-3-10(14(18)19)6-13(16)17/h3-7H,8H2,1-2H3,(H,18,19). The number of aryl methyl sites for hydroxylation is 1. The molecule has 0 aliphatic carbocycles. The van der Waals surface area contributed by atoms with Gasteiger partial charge < -0.3 is 14.4 Å². The number of carboxylic acid groups (broad SMARTS) is 1. The van der Waals surface area contributed by atoms with E-state index in [1.807, 2.05) is 6.92 Å². The van der Waals surface area contributed by atoms with E-state index in [1.165, 1.54) is 16.8 Å². The smallest absolute Gasteiger partial charge is 0.335 e. The van der Waals surface area contributed by atoms with Crippen LogP contribution in [-0.4, -0.2) is 27.7 Å². The average molecular weight is 274 g/mol. The molecule has 0 fully saturated rings. The Balaban J connectivity index is 2.33. The Bertz CT molecular complexity index is 707. The number of rotatable bonds is 4. The highest BCUT2D eigenvalue weighted by atomic mass is 16.5. The molecule has 0 bridgehead atoms. The van der Waals surface area contributed by atoms with E-state index in [-0.39, 0.29) is 17.7 Å². The Hall–Kier alpha value is -2.63. The summed E-state index contributed by atoms with van der Waals surface area (Å²) in [4.78, 5) is 26.9. The van der Waals surface area contributed by atoms with Gasteiger partial charge in [-0.3, -0.25) is 9.78 Å². The number of pyridine rings is 2. The number of nitrogens with zero attached hydrogens (tertiary/aromatic N) is 2. The van der Waals surface area contributed by atoms with Crippen LogP contribution in [0.5, 0.6) is 5.75 Å². The SMILES string of the molecule is COc1cc(C)nc(Cn2ccc(C(=O)O)cc2=O)c1. The third-order valence-corrected chi connectivity index (χ3v) is 2.79. The first-order chi connectivity index (χ1) is 9.49. The molecule has 6 nitrogen and oxygen atoms in total. The van der Waals surface area contributed by atoms with Crippen LogP contribution in [0.25, 0.3) is 0 Å². The van der Waals surface area contributed by atoms with Crippen LogP contribution in [0, 0.1) is 6.92 Å². The summed E-state index contributed by atoms with van der Waals surface area (Å²) < 4.78 is 6.55. The minimum absolute atomic E-state index is 0.0268. The predicted octanol–water partition coefficient (Wildman–Crippen LogP) is 1.31. The lowest BCUT2D eigenvalue weighted by molar-refractivity contribution is 0.0696. The van der Waals surface area contributed by atoms with Crippen LogP contribution in [0.2, 0.25) is 0 Å². The van der Waals surface area contributed by atoms with E-state index in [0.29, 0.717) is 11.4 Å². The minimum Gasteiger partial charge on any atom is -0.497 e. The maximum atomic E-state index is 11.8. The molecule has 0 saturated carbocycles. The van der Waals surface area contributed by atoms with Crippen molar-refractivity contribution in [1.82, 2.24) is 9.55 Å². The number of ether oxygens (including phenoxy) is 1. The first-order valence-electron chi connectivity index (χ1n) is 5.95. The molecule has 0 spiro atoms. The van der Waals surface area contributed by atoms with E-state index >= 15 is 0 Å². The molecular weight excluding hydrogens is 260 g/mol. The molecule has 0 saturated heterocycles. The topological polar surface area (TPSA) is 81.4 Å². The summed E-state index contributed by atoms with van der Waals surface area (Å²) in [6, 6.07) is 6.01. The van der Waals surface area contributed by atoms with Gasteiger partial charge >= 0.3 is 5.97 Å². The third-order valence-electron chi connectivity index (χ3n) is 2.79. The molecule has 0 aliphatic heterocycles. The molecule has 0 unspecified atom stereocenters. The molecular formula is C14H14N2O4. The highest BCUT2D eigenvalue weighted by Crippen LogP contribution is 2.13. The fourth-order valence-corrected chi connectivity index (χ4v) is 1.85. The van der Waals surface area contributed by atoms with Gasteiger partial charge in [0, 0.05) is 30.1 Å². The zero-order chi connectivity index (χ0) is 14.7. The van der Waals surface area contributed by atoms with Crippen LogP contribution in [0.15, 0.2) is 35.3 Å². The molecule has 2 heterocycles. The van der Waals surface area contributed by atoms with Crippen LogP contribution in [0.1, 0.15) is 21.7 Å². The normalized spacial score (nSPS) is 10.3. The number of hydrogen-bond acceptors (Lipinski definition) is 4. The molecule has 2 rings (SSSR count). The zero-order valence-corrected chi connectivity index (χ0v) is 11.2. The second-order valence-electron chi connectivity index (χ2n) is 4.33. The van der Waals surface area contributed by atoms with Crippen LogP contribution in [0.4, 0.5) is 0 Å². The molecule has 0 aliphatic rings. The van der Waals surface area contributed by atoms with E-state index in [1.54, 1.807) is 19.2 Å². The van der Waals surface area contributed by atoms with Crippen LogP contribution < -0.4 is 10.3 Å². The first-order valence-corrected chi connectivity index (χ1v) is 5.95. The zero-order valence-electron chi connectivity index (χ0n) is 11.2. The summed E-state index contributed by atoms with van der Waals surface area (Å²) in [6.45, 7) is 2.10. The second kappa shape index (κ2) is 5.56. The Morgan fingerprint density at radius 3 is 2.75 bits per heavy atom. The van der Waals surface area contributed by atoms with Gasteiger partial charge in [0.2, 0.25) is 0 Å². The van der Waals surface area contributed by atoms with Crippen molar-refractivity contribution < 1.29 is 14.6 Å². The highest BCUT2D eigenvalue weighted by molar-refractivity contribution is 5.87. The summed E-state index contributed by atoms with van der Waals surface area (Å²) in [6.07, 6.45) is 1.45. The molecule has 0 amide bonds. The summed E-state index contributed by atoms with van der Waals surface area (Å²) in [5.74, 6) is -0.452. The van der Waals surface area contributed by atoms with Crippen LogP contribution in [0.3, 0.4) is 0 Å². The average Bonchev–Trinajstić information content (AvgIpc) is 2.40. The second-order valence-corrected chi connectivity index (χ2v) is 4.33. The van der Waals surface area contributed by atoms with Crippen molar-refractivity contribution in [2.75, 3.05) is 7.11 Å². The number of hydrogen-bond donors (Lipinski definition) is 1. The third kappa shape index (κ3) is 3.03. The van der Waals surface area contributed by atoms with E-state index in [2.05, 4.69) is 4.98 Å². The number of carbonyl (C=O) groups is 1. The van der Waals surface area contributed by atoms with E-state index in [0.717, 1.165) is 11.8 Å². The van der Waals surface area contributed by atoms with E-state index in [4.69, 9.17) is 9.84 Å². The monoisotopic (exact) mass is 274 g/mol. The Morgan fingerprint density at radius 2 is 2.15 bits per heavy atom. The van der Waals surface area contributed by atoms with Gasteiger partial charge in [0.05, 0.1) is 24.9 Å². The molecule has 0 aromatic carbocycles. The predicted molar refractivity (Wildman–Crippen MR) is 72.3 cm³/mol. The Kier molecular flexibility index (Phi) is 3.84. The number of aromatic nitrogens is 2.